The maximum Gasteiger partial charge on any atom is 0.226 e. The molecule has 1 saturated heterocycles. The van der Waals surface area contributed by atoms with Crippen LogP contribution in [0.3, 0.4) is 0 Å². The minimum atomic E-state index is -0.247. The van der Waals surface area contributed by atoms with Crippen LogP contribution in [0.1, 0.15) is 12.0 Å². The summed E-state index contributed by atoms with van der Waals surface area (Å²) in [6.45, 7) is 3.19. The molecule has 2 atom stereocenters. The molecule has 6 heteroatoms. The molecule has 0 aromatic heterocycles. The van der Waals surface area contributed by atoms with Crippen LogP contribution in [0.4, 0.5) is 10.1 Å². The molecule has 5 nitrogen and oxygen atoms in total. The number of hydrogen-bond donors (Lipinski definition) is 1. The van der Waals surface area contributed by atoms with E-state index < -0.39 is 0 Å². The van der Waals surface area contributed by atoms with Gasteiger partial charge in [0.15, 0.2) is 0 Å². The Morgan fingerprint density at radius 1 is 0.929 bits per heavy atom. The van der Waals surface area contributed by atoms with Gasteiger partial charge in [-0.25, -0.2) is 4.39 Å². The summed E-state index contributed by atoms with van der Waals surface area (Å²) in [5, 5.41) is 2.93. The monoisotopic (exact) mass is 381 g/mol. The molecule has 0 bridgehead atoms. The van der Waals surface area contributed by atoms with Crippen LogP contribution in [0.2, 0.25) is 0 Å². The van der Waals surface area contributed by atoms with E-state index in [-0.39, 0.29) is 29.5 Å². The number of carbonyl (C=O) groups is 2. The molecule has 2 amide bonds. The summed E-state index contributed by atoms with van der Waals surface area (Å²) in [7, 11) is 0. The third-order valence-electron chi connectivity index (χ3n) is 5.54. The average molecular weight is 381 g/mol. The van der Waals surface area contributed by atoms with E-state index in [1.54, 1.807) is 12.1 Å². The molecule has 2 aromatic carbocycles. The number of benzene rings is 2. The Kier molecular flexibility index (Phi) is 5.28. The largest absolute Gasteiger partial charge is 0.368 e. The molecular weight excluding hydrogens is 357 g/mol. The molecule has 2 fully saturated rings. The lowest BCUT2D eigenvalue weighted by Gasteiger charge is -2.36. The van der Waals surface area contributed by atoms with Crippen molar-refractivity contribution in [3.05, 3.63) is 66.0 Å². The molecule has 0 radical (unpaired) electrons. The first-order valence-electron chi connectivity index (χ1n) is 9.73. The molecule has 0 spiro atoms. The van der Waals surface area contributed by atoms with E-state index in [2.05, 4.69) is 10.2 Å². The van der Waals surface area contributed by atoms with Gasteiger partial charge in [0, 0.05) is 38.4 Å². The molecule has 2 aromatic rings. The second kappa shape index (κ2) is 8.00. The Morgan fingerprint density at radius 2 is 1.61 bits per heavy atom. The van der Waals surface area contributed by atoms with Crippen LogP contribution in [0.5, 0.6) is 0 Å². The number of nitrogens with zero attached hydrogens (tertiary/aromatic N) is 2. The fraction of sp³-hybridized carbons (Fsp3) is 0.364. The molecule has 146 valence electrons. The highest BCUT2D eigenvalue weighted by Crippen LogP contribution is 2.40. The van der Waals surface area contributed by atoms with E-state index in [1.165, 1.54) is 12.1 Å². The third kappa shape index (κ3) is 4.16. The van der Waals surface area contributed by atoms with Crippen LogP contribution < -0.4 is 10.2 Å². The quantitative estimate of drug-likeness (QED) is 0.866. The van der Waals surface area contributed by atoms with Crippen molar-refractivity contribution in [2.45, 2.75) is 13.0 Å². The number of halogens is 1. The number of nitrogens with one attached hydrogen (secondary N) is 1. The van der Waals surface area contributed by atoms with E-state index in [1.807, 2.05) is 35.2 Å². The first-order valence-corrected chi connectivity index (χ1v) is 9.73. The molecule has 1 aliphatic carbocycles. The van der Waals surface area contributed by atoms with Crippen molar-refractivity contribution in [2.75, 3.05) is 31.1 Å². The van der Waals surface area contributed by atoms with Crippen molar-refractivity contribution in [3.63, 3.8) is 0 Å². The zero-order valence-electron chi connectivity index (χ0n) is 15.7. The number of hydrogen-bond acceptors (Lipinski definition) is 3. The van der Waals surface area contributed by atoms with Gasteiger partial charge in [0.1, 0.15) is 5.82 Å². The Bertz CT molecular complexity index is 833. The van der Waals surface area contributed by atoms with Crippen molar-refractivity contribution in [1.82, 2.24) is 10.2 Å². The fourth-order valence-corrected chi connectivity index (χ4v) is 3.75. The topological polar surface area (TPSA) is 52.7 Å². The molecule has 1 aliphatic heterocycles. The van der Waals surface area contributed by atoms with E-state index >= 15 is 0 Å². The van der Waals surface area contributed by atoms with Gasteiger partial charge in [0.25, 0.3) is 0 Å². The van der Waals surface area contributed by atoms with Crippen molar-refractivity contribution in [1.29, 1.82) is 0 Å². The molecule has 4 rings (SSSR count). The highest BCUT2D eigenvalue weighted by Gasteiger charge is 2.49. The first kappa shape index (κ1) is 18.5. The fourth-order valence-electron chi connectivity index (χ4n) is 3.75. The summed E-state index contributed by atoms with van der Waals surface area (Å²) in [5.74, 6) is -0.590. The highest BCUT2D eigenvalue weighted by molar-refractivity contribution is 5.92. The van der Waals surface area contributed by atoms with Gasteiger partial charge in [-0.15, -0.1) is 0 Å². The summed E-state index contributed by atoms with van der Waals surface area (Å²) in [4.78, 5) is 29.0. The van der Waals surface area contributed by atoms with Gasteiger partial charge in [-0.05, 0) is 36.2 Å². The maximum absolute atomic E-state index is 13.1. The van der Waals surface area contributed by atoms with Crippen molar-refractivity contribution in [3.8, 4) is 0 Å². The minimum Gasteiger partial charge on any atom is -0.368 e. The minimum absolute atomic E-state index is 0.0350. The van der Waals surface area contributed by atoms with Crippen LogP contribution >= 0.6 is 0 Å². The van der Waals surface area contributed by atoms with Crippen molar-refractivity contribution < 1.29 is 14.0 Å². The Morgan fingerprint density at radius 3 is 2.29 bits per heavy atom. The van der Waals surface area contributed by atoms with Gasteiger partial charge in [0.05, 0.1) is 11.8 Å². The number of carbonyl (C=O) groups excluding carboxylic acids is 2. The Balaban J connectivity index is 1.24. The second-order valence-corrected chi connectivity index (χ2v) is 7.44. The van der Waals surface area contributed by atoms with Crippen LogP contribution in [0, 0.1) is 17.7 Å². The molecular formula is C22H24FN3O2. The van der Waals surface area contributed by atoms with Crippen molar-refractivity contribution in [2.24, 2.45) is 11.8 Å². The maximum atomic E-state index is 13.1. The summed E-state index contributed by atoms with van der Waals surface area (Å²) in [5.41, 5.74) is 2.02. The lowest BCUT2D eigenvalue weighted by molar-refractivity contribution is -0.135. The van der Waals surface area contributed by atoms with Gasteiger partial charge in [-0.3, -0.25) is 9.59 Å². The molecule has 2 aliphatic rings. The van der Waals surface area contributed by atoms with E-state index in [0.717, 1.165) is 24.3 Å². The first-order chi connectivity index (χ1) is 13.6. The predicted molar refractivity (Wildman–Crippen MR) is 105 cm³/mol. The van der Waals surface area contributed by atoms with Gasteiger partial charge >= 0.3 is 0 Å². The van der Waals surface area contributed by atoms with E-state index in [9.17, 15) is 14.0 Å². The summed E-state index contributed by atoms with van der Waals surface area (Å²) >= 11 is 0. The average Bonchev–Trinajstić information content (AvgIpc) is 3.54. The number of anilines is 1. The molecule has 1 N–H and O–H groups in total. The lowest BCUT2D eigenvalue weighted by Crippen LogP contribution is -2.49. The van der Waals surface area contributed by atoms with Gasteiger partial charge in [0.2, 0.25) is 11.8 Å². The van der Waals surface area contributed by atoms with E-state index in [4.69, 9.17) is 0 Å². The van der Waals surface area contributed by atoms with Crippen LogP contribution in [-0.2, 0) is 16.1 Å². The molecule has 1 heterocycles. The second-order valence-electron chi connectivity index (χ2n) is 7.44. The normalized spacial score (nSPS) is 21.3. The smallest absolute Gasteiger partial charge is 0.226 e. The SMILES string of the molecule is O=C(NCc1ccccc1)C1CC1C(=O)N1CCN(c2ccc(F)cc2)CC1. The standard InChI is InChI=1S/C22H24FN3O2/c23-17-6-8-18(9-7-17)25-10-12-26(13-11-25)22(28)20-14-19(20)21(27)24-15-16-4-2-1-3-5-16/h1-9,19-20H,10-15H2,(H,24,27). The molecule has 2 unspecified atom stereocenters. The van der Waals surface area contributed by atoms with Gasteiger partial charge < -0.3 is 15.1 Å². The zero-order valence-corrected chi connectivity index (χ0v) is 15.7. The van der Waals surface area contributed by atoms with Crippen molar-refractivity contribution >= 4 is 17.5 Å². The van der Waals surface area contributed by atoms with Crippen LogP contribution in [-0.4, -0.2) is 42.9 Å². The van der Waals surface area contributed by atoms with Gasteiger partial charge in [-0.1, -0.05) is 30.3 Å². The third-order valence-corrected chi connectivity index (χ3v) is 5.54. The summed E-state index contributed by atoms with van der Waals surface area (Å²) in [6.07, 6.45) is 0.637. The van der Waals surface area contributed by atoms with Crippen LogP contribution in [0.25, 0.3) is 0 Å². The zero-order chi connectivity index (χ0) is 19.5. The Hall–Kier alpha value is -2.89. The number of amides is 2. The summed E-state index contributed by atoms with van der Waals surface area (Å²) in [6, 6.07) is 16.2. The number of piperazine rings is 1. The highest BCUT2D eigenvalue weighted by atomic mass is 19.1. The van der Waals surface area contributed by atoms with Gasteiger partial charge in [-0.2, -0.15) is 0 Å². The lowest BCUT2D eigenvalue weighted by atomic mass is 10.2. The molecule has 1 saturated carbocycles. The van der Waals surface area contributed by atoms with E-state index in [0.29, 0.717) is 26.1 Å². The predicted octanol–water partition coefficient (Wildman–Crippen LogP) is 2.43. The summed E-state index contributed by atoms with van der Waals surface area (Å²) < 4.78 is 13.1. The molecule has 28 heavy (non-hydrogen) atoms. The Labute approximate surface area is 164 Å². The number of rotatable bonds is 5. The van der Waals surface area contributed by atoms with Crippen LogP contribution in [0.15, 0.2) is 54.6 Å².